The van der Waals surface area contributed by atoms with Crippen molar-refractivity contribution in [3.8, 4) is 0 Å². The average Bonchev–Trinajstić information content (AvgIpc) is 2.40. The van der Waals surface area contributed by atoms with Gasteiger partial charge in [-0.05, 0) is 23.1 Å². The fraction of sp³-hybridized carbons (Fsp3) is 0.200. The van der Waals surface area contributed by atoms with Crippen molar-refractivity contribution in [2.24, 2.45) is 11.5 Å². The molecule has 0 saturated carbocycles. The molecule has 0 heterocycles. The topological polar surface area (TPSA) is 52.0 Å². The molecule has 0 spiro atoms. The largest absolute Gasteiger partial charge is 0.326 e. The lowest BCUT2D eigenvalue weighted by atomic mass is 9.98. The van der Waals surface area contributed by atoms with Gasteiger partial charge in [0.15, 0.2) is 0 Å². The maximum absolute atomic E-state index is 6.21. The van der Waals surface area contributed by atoms with Crippen LogP contribution in [-0.4, -0.2) is 0 Å². The number of hydrogen-bond acceptors (Lipinski definition) is 2. The molecule has 0 aliphatic rings. The molecule has 0 amide bonds. The summed E-state index contributed by atoms with van der Waals surface area (Å²) in [5.74, 6) is 0. The molecule has 2 nitrogen and oxygen atoms in total. The Labute approximate surface area is 102 Å². The molecule has 0 aromatic heterocycles. The van der Waals surface area contributed by atoms with E-state index in [1.807, 2.05) is 30.3 Å². The first kappa shape index (κ1) is 11.8. The average molecular weight is 226 g/mol. The van der Waals surface area contributed by atoms with E-state index in [2.05, 4.69) is 24.3 Å². The zero-order valence-corrected chi connectivity index (χ0v) is 9.84. The Morgan fingerprint density at radius 3 is 2.29 bits per heavy atom. The van der Waals surface area contributed by atoms with Crippen molar-refractivity contribution < 1.29 is 0 Å². The van der Waals surface area contributed by atoms with Crippen molar-refractivity contribution in [1.82, 2.24) is 0 Å². The number of hydrogen-bond donors (Lipinski definition) is 2. The first-order valence-corrected chi connectivity index (χ1v) is 5.88. The van der Waals surface area contributed by atoms with Gasteiger partial charge in [-0.15, -0.1) is 0 Å². The minimum absolute atomic E-state index is 0.0314. The third-order valence-electron chi connectivity index (χ3n) is 2.91. The van der Waals surface area contributed by atoms with Gasteiger partial charge in [0.2, 0.25) is 0 Å². The number of benzene rings is 2. The first-order valence-electron chi connectivity index (χ1n) is 5.88. The van der Waals surface area contributed by atoms with E-state index in [0.29, 0.717) is 6.54 Å². The van der Waals surface area contributed by atoms with Gasteiger partial charge in [-0.3, -0.25) is 0 Å². The Balaban J connectivity index is 2.11. The van der Waals surface area contributed by atoms with E-state index in [9.17, 15) is 0 Å². The maximum Gasteiger partial charge on any atom is 0.0335 e. The SMILES string of the molecule is NCc1cccc(C(N)Cc2ccccc2)c1. The third-order valence-corrected chi connectivity index (χ3v) is 2.91. The van der Waals surface area contributed by atoms with Crippen LogP contribution in [0.5, 0.6) is 0 Å². The van der Waals surface area contributed by atoms with Crippen LogP contribution in [0.2, 0.25) is 0 Å². The molecule has 2 heteroatoms. The van der Waals surface area contributed by atoms with Crippen LogP contribution in [0.15, 0.2) is 54.6 Å². The minimum atomic E-state index is 0.0314. The van der Waals surface area contributed by atoms with Crippen LogP contribution in [0.25, 0.3) is 0 Å². The van der Waals surface area contributed by atoms with Crippen molar-refractivity contribution in [3.63, 3.8) is 0 Å². The molecule has 1 unspecified atom stereocenters. The molecular weight excluding hydrogens is 208 g/mol. The van der Waals surface area contributed by atoms with Crippen molar-refractivity contribution in [1.29, 1.82) is 0 Å². The minimum Gasteiger partial charge on any atom is -0.326 e. The highest BCUT2D eigenvalue weighted by molar-refractivity contribution is 5.27. The molecule has 17 heavy (non-hydrogen) atoms. The highest BCUT2D eigenvalue weighted by atomic mass is 14.6. The summed E-state index contributed by atoms with van der Waals surface area (Å²) >= 11 is 0. The highest BCUT2D eigenvalue weighted by Gasteiger charge is 2.07. The van der Waals surface area contributed by atoms with Gasteiger partial charge in [0.05, 0.1) is 0 Å². The second kappa shape index (κ2) is 5.62. The molecule has 0 aliphatic carbocycles. The molecular formula is C15H18N2. The highest BCUT2D eigenvalue weighted by Crippen LogP contribution is 2.17. The summed E-state index contributed by atoms with van der Waals surface area (Å²) < 4.78 is 0. The summed E-state index contributed by atoms with van der Waals surface area (Å²) in [6, 6.07) is 18.5. The molecule has 0 aliphatic heterocycles. The van der Waals surface area contributed by atoms with Crippen molar-refractivity contribution in [3.05, 3.63) is 71.3 Å². The van der Waals surface area contributed by atoms with Gasteiger partial charge in [-0.25, -0.2) is 0 Å². The first-order chi connectivity index (χ1) is 8.29. The van der Waals surface area contributed by atoms with E-state index in [0.717, 1.165) is 17.5 Å². The molecule has 2 rings (SSSR count). The maximum atomic E-state index is 6.21. The Morgan fingerprint density at radius 2 is 1.59 bits per heavy atom. The lowest BCUT2D eigenvalue weighted by Gasteiger charge is -2.13. The molecule has 88 valence electrons. The van der Waals surface area contributed by atoms with E-state index in [-0.39, 0.29) is 6.04 Å². The molecule has 1 atom stereocenters. The van der Waals surface area contributed by atoms with E-state index < -0.39 is 0 Å². The van der Waals surface area contributed by atoms with Crippen molar-refractivity contribution in [2.75, 3.05) is 0 Å². The lowest BCUT2D eigenvalue weighted by Crippen LogP contribution is -2.13. The standard InChI is InChI=1S/C15H18N2/c16-11-13-7-4-8-14(9-13)15(17)10-12-5-2-1-3-6-12/h1-9,15H,10-11,16-17H2. The molecule has 4 N–H and O–H groups in total. The summed E-state index contributed by atoms with van der Waals surface area (Å²) in [5.41, 5.74) is 15.4. The van der Waals surface area contributed by atoms with Crippen LogP contribution in [-0.2, 0) is 13.0 Å². The molecule has 2 aromatic carbocycles. The van der Waals surface area contributed by atoms with Crippen LogP contribution in [0, 0.1) is 0 Å². The van der Waals surface area contributed by atoms with Gasteiger partial charge in [0, 0.05) is 12.6 Å². The van der Waals surface area contributed by atoms with Crippen molar-refractivity contribution in [2.45, 2.75) is 19.0 Å². The summed E-state index contributed by atoms with van der Waals surface area (Å²) in [5, 5.41) is 0. The number of nitrogens with two attached hydrogens (primary N) is 2. The molecule has 0 saturated heterocycles. The van der Waals surface area contributed by atoms with Crippen LogP contribution < -0.4 is 11.5 Å². The Hall–Kier alpha value is -1.64. The third kappa shape index (κ3) is 3.16. The van der Waals surface area contributed by atoms with Gasteiger partial charge in [-0.2, -0.15) is 0 Å². The lowest BCUT2D eigenvalue weighted by molar-refractivity contribution is 0.720. The quantitative estimate of drug-likeness (QED) is 0.841. The molecule has 2 aromatic rings. The summed E-state index contributed by atoms with van der Waals surface area (Å²) in [6.45, 7) is 0.561. The van der Waals surface area contributed by atoms with Crippen LogP contribution in [0.3, 0.4) is 0 Å². The second-order valence-electron chi connectivity index (χ2n) is 4.25. The van der Waals surface area contributed by atoms with Gasteiger partial charge >= 0.3 is 0 Å². The Bertz CT molecular complexity index is 465. The fourth-order valence-corrected chi connectivity index (χ4v) is 1.94. The van der Waals surface area contributed by atoms with Gasteiger partial charge in [-0.1, -0.05) is 54.6 Å². The van der Waals surface area contributed by atoms with E-state index in [1.165, 1.54) is 5.56 Å². The molecule has 0 radical (unpaired) electrons. The molecule has 0 bridgehead atoms. The summed E-state index contributed by atoms with van der Waals surface area (Å²) in [6.07, 6.45) is 0.856. The van der Waals surface area contributed by atoms with Crippen LogP contribution >= 0.6 is 0 Å². The Kier molecular flexibility index (Phi) is 3.91. The summed E-state index contributed by atoms with van der Waals surface area (Å²) in [4.78, 5) is 0. The summed E-state index contributed by atoms with van der Waals surface area (Å²) in [7, 11) is 0. The van der Waals surface area contributed by atoms with Crippen molar-refractivity contribution >= 4 is 0 Å². The van der Waals surface area contributed by atoms with Crippen LogP contribution in [0.1, 0.15) is 22.7 Å². The van der Waals surface area contributed by atoms with E-state index >= 15 is 0 Å². The smallest absolute Gasteiger partial charge is 0.0335 e. The molecule has 0 fully saturated rings. The van der Waals surface area contributed by atoms with Gasteiger partial charge in [0.25, 0.3) is 0 Å². The van der Waals surface area contributed by atoms with Gasteiger partial charge in [0.1, 0.15) is 0 Å². The van der Waals surface area contributed by atoms with Gasteiger partial charge < -0.3 is 11.5 Å². The Morgan fingerprint density at radius 1 is 0.882 bits per heavy atom. The fourth-order valence-electron chi connectivity index (χ4n) is 1.94. The van der Waals surface area contributed by atoms with Crippen LogP contribution in [0.4, 0.5) is 0 Å². The zero-order valence-electron chi connectivity index (χ0n) is 9.84. The second-order valence-corrected chi connectivity index (χ2v) is 4.25. The van der Waals surface area contributed by atoms with E-state index in [4.69, 9.17) is 11.5 Å². The normalized spacial score (nSPS) is 12.4. The van der Waals surface area contributed by atoms with E-state index in [1.54, 1.807) is 0 Å². The predicted molar refractivity (Wildman–Crippen MR) is 71.4 cm³/mol. The zero-order chi connectivity index (χ0) is 12.1. The predicted octanol–water partition coefficient (Wildman–Crippen LogP) is 2.39. The monoisotopic (exact) mass is 226 g/mol. The number of rotatable bonds is 4.